The lowest BCUT2D eigenvalue weighted by Gasteiger charge is -2.30. The molecule has 218 valence electrons. The molecule has 2 fully saturated rings. The summed E-state index contributed by atoms with van der Waals surface area (Å²) in [6.45, 7) is 2.18. The van der Waals surface area contributed by atoms with Crippen LogP contribution < -0.4 is 15.0 Å². The zero-order valence-electron chi connectivity index (χ0n) is 22.7. The zero-order chi connectivity index (χ0) is 28.9. The molecule has 2 aliphatic heterocycles. The van der Waals surface area contributed by atoms with E-state index in [1.807, 2.05) is 4.90 Å². The molecule has 10 nitrogen and oxygen atoms in total. The number of aliphatic carboxylic acids is 1. The Hall–Kier alpha value is -3.71. The predicted octanol–water partition coefficient (Wildman–Crippen LogP) is 4.57. The van der Waals surface area contributed by atoms with Crippen LogP contribution in [0.2, 0.25) is 0 Å². The molecule has 0 unspecified atom stereocenters. The molecule has 0 bridgehead atoms. The van der Waals surface area contributed by atoms with Crippen molar-refractivity contribution in [2.24, 2.45) is 5.92 Å². The van der Waals surface area contributed by atoms with Gasteiger partial charge in [0.05, 0.1) is 31.1 Å². The van der Waals surface area contributed by atoms with E-state index in [1.165, 1.54) is 30.8 Å². The normalized spacial score (nSPS) is 17.0. The summed E-state index contributed by atoms with van der Waals surface area (Å²) in [5.74, 6) is -0.577. The molecular formula is C28H32F2N6O4S. The summed E-state index contributed by atoms with van der Waals surface area (Å²) < 4.78 is 32.7. The van der Waals surface area contributed by atoms with Gasteiger partial charge in [-0.05, 0) is 43.9 Å². The van der Waals surface area contributed by atoms with Gasteiger partial charge >= 0.3 is 5.97 Å². The Kier molecular flexibility index (Phi) is 9.03. The number of nitrogens with one attached hydrogen (secondary N) is 1. The van der Waals surface area contributed by atoms with Crippen LogP contribution in [0.15, 0.2) is 30.6 Å². The number of likely N-dealkylation sites (tertiary alicyclic amines) is 1. The van der Waals surface area contributed by atoms with E-state index in [4.69, 9.17) is 4.74 Å². The molecule has 0 atom stereocenters. The minimum absolute atomic E-state index is 0.113. The van der Waals surface area contributed by atoms with Crippen LogP contribution >= 0.6 is 11.3 Å². The second-order valence-corrected chi connectivity index (χ2v) is 11.3. The van der Waals surface area contributed by atoms with Crippen molar-refractivity contribution in [3.05, 3.63) is 46.7 Å². The topological polar surface area (TPSA) is 121 Å². The van der Waals surface area contributed by atoms with Crippen molar-refractivity contribution in [3.8, 4) is 17.0 Å². The van der Waals surface area contributed by atoms with Crippen molar-refractivity contribution in [3.63, 3.8) is 0 Å². The molecule has 13 heteroatoms. The third-order valence-electron chi connectivity index (χ3n) is 7.54. The number of anilines is 2. The highest BCUT2D eigenvalue weighted by Gasteiger charge is 2.26. The van der Waals surface area contributed by atoms with E-state index < -0.39 is 24.7 Å². The number of rotatable bonds is 9. The van der Waals surface area contributed by atoms with E-state index in [0.717, 1.165) is 4.88 Å². The molecule has 4 heterocycles. The number of nitrogens with zero attached hydrogens (tertiary/aromatic N) is 5. The summed E-state index contributed by atoms with van der Waals surface area (Å²) in [5.41, 5.74) is 1.83. The molecule has 1 amide bonds. The van der Waals surface area contributed by atoms with Crippen molar-refractivity contribution < 1.29 is 28.2 Å². The van der Waals surface area contributed by atoms with Gasteiger partial charge < -0.3 is 14.7 Å². The van der Waals surface area contributed by atoms with Gasteiger partial charge in [0, 0.05) is 48.7 Å². The molecule has 0 aliphatic carbocycles. The highest BCUT2D eigenvalue weighted by molar-refractivity contribution is 7.16. The predicted molar refractivity (Wildman–Crippen MR) is 151 cm³/mol. The summed E-state index contributed by atoms with van der Waals surface area (Å²) in [4.78, 5) is 42.6. The van der Waals surface area contributed by atoms with Crippen LogP contribution in [-0.2, 0) is 18.0 Å². The Balaban J connectivity index is 1.33. The van der Waals surface area contributed by atoms with Crippen LogP contribution in [0, 0.1) is 5.92 Å². The molecule has 41 heavy (non-hydrogen) atoms. The Morgan fingerprint density at radius 1 is 1.12 bits per heavy atom. The van der Waals surface area contributed by atoms with Crippen LogP contribution in [0.1, 0.15) is 46.6 Å². The molecule has 3 aromatic rings. The highest BCUT2D eigenvalue weighted by Crippen LogP contribution is 2.35. The number of carbonyl (C=O) groups excluding carboxylic acids is 1. The molecule has 5 rings (SSSR count). The SMILES string of the molecule is COc1ccc(-c2nc(NC(=O)c3cnc(N4CCC(C(=O)O)CC4)cn3)sc2CN2CCC(F)CC2)cc1CF. The average Bonchev–Trinajstić information content (AvgIpc) is 3.39. The standard InChI is InChI=1S/C28H32F2N6O4S/c1-40-22-3-2-18(12-19(22)13-29)25-23(16-35-8-6-20(30)7-9-35)41-28(33-25)34-26(37)21-14-32-24(15-31-21)36-10-4-17(5-11-36)27(38)39/h2-3,12,14-15,17,20H,4-11,13,16H2,1H3,(H,38,39)(H,33,34,37). The number of methoxy groups -OCH3 is 1. The van der Waals surface area contributed by atoms with E-state index in [1.54, 1.807) is 18.2 Å². The van der Waals surface area contributed by atoms with Crippen molar-refractivity contribution in [2.75, 3.05) is 43.5 Å². The Morgan fingerprint density at radius 3 is 2.51 bits per heavy atom. The fourth-order valence-corrected chi connectivity index (χ4v) is 6.17. The fourth-order valence-electron chi connectivity index (χ4n) is 5.15. The van der Waals surface area contributed by atoms with Gasteiger partial charge in [0.15, 0.2) is 5.13 Å². The lowest BCUT2D eigenvalue weighted by molar-refractivity contribution is -0.142. The van der Waals surface area contributed by atoms with Crippen LogP contribution in [0.3, 0.4) is 0 Å². The first kappa shape index (κ1) is 28.8. The molecule has 2 aliphatic rings. The molecule has 2 saturated heterocycles. The third kappa shape index (κ3) is 6.79. The monoisotopic (exact) mass is 586 g/mol. The van der Waals surface area contributed by atoms with E-state index in [9.17, 15) is 23.5 Å². The Labute approximate surface area is 240 Å². The molecule has 2 aromatic heterocycles. The molecule has 0 spiro atoms. The van der Waals surface area contributed by atoms with E-state index in [2.05, 4.69) is 25.2 Å². The maximum absolute atomic E-state index is 13.7. The van der Waals surface area contributed by atoms with Crippen LogP contribution in [0.25, 0.3) is 11.3 Å². The van der Waals surface area contributed by atoms with Gasteiger partial charge in [-0.3, -0.25) is 19.8 Å². The lowest BCUT2D eigenvalue weighted by Crippen LogP contribution is -2.36. The third-order valence-corrected chi connectivity index (χ3v) is 8.49. The highest BCUT2D eigenvalue weighted by atomic mass is 32.1. The summed E-state index contributed by atoms with van der Waals surface area (Å²) in [7, 11) is 1.49. The van der Waals surface area contributed by atoms with Gasteiger partial charge in [0.25, 0.3) is 5.91 Å². The lowest BCUT2D eigenvalue weighted by atomic mass is 9.97. The van der Waals surface area contributed by atoms with E-state index in [0.29, 0.717) is 91.9 Å². The van der Waals surface area contributed by atoms with Gasteiger partial charge in [-0.2, -0.15) is 0 Å². The number of thiazole rings is 1. The van der Waals surface area contributed by atoms with Crippen molar-refractivity contribution >= 4 is 34.2 Å². The Bertz CT molecular complexity index is 1370. The number of hydrogen-bond acceptors (Lipinski definition) is 9. The number of amides is 1. The molecular weight excluding hydrogens is 554 g/mol. The zero-order valence-corrected chi connectivity index (χ0v) is 23.5. The minimum Gasteiger partial charge on any atom is -0.496 e. The summed E-state index contributed by atoms with van der Waals surface area (Å²) >= 11 is 1.32. The maximum atomic E-state index is 13.7. The first-order valence-corrected chi connectivity index (χ1v) is 14.4. The van der Waals surface area contributed by atoms with Crippen LogP contribution in [0.5, 0.6) is 5.75 Å². The quantitative estimate of drug-likeness (QED) is 0.372. The van der Waals surface area contributed by atoms with Gasteiger partial charge in [-0.15, -0.1) is 0 Å². The first-order valence-electron chi connectivity index (χ1n) is 13.5. The molecule has 2 N–H and O–H groups in total. The summed E-state index contributed by atoms with van der Waals surface area (Å²) in [5, 5.41) is 12.4. The number of hydrogen-bond donors (Lipinski definition) is 2. The van der Waals surface area contributed by atoms with Crippen LogP contribution in [-0.4, -0.2) is 76.3 Å². The number of halogens is 2. The largest absolute Gasteiger partial charge is 0.496 e. The van der Waals surface area contributed by atoms with E-state index in [-0.39, 0.29) is 11.6 Å². The first-order chi connectivity index (χ1) is 19.8. The number of benzene rings is 1. The van der Waals surface area contributed by atoms with Gasteiger partial charge in [-0.1, -0.05) is 11.3 Å². The van der Waals surface area contributed by atoms with Crippen LogP contribution in [0.4, 0.5) is 19.7 Å². The molecule has 0 saturated carbocycles. The van der Waals surface area contributed by atoms with Gasteiger partial charge in [0.2, 0.25) is 0 Å². The number of aromatic nitrogens is 3. The van der Waals surface area contributed by atoms with E-state index >= 15 is 0 Å². The smallest absolute Gasteiger partial charge is 0.306 e. The second-order valence-electron chi connectivity index (χ2n) is 10.2. The second kappa shape index (κ2) is 12.9. The summed E-state index contributed by atoms with van der Waals surface area (Å²) in [6, 6.07) is 5.20. The van der Waals surface area contributed by atoms with Crippen molar-refractivity contribution in [2.45, 2.75) is 45.1 Å². The van der Waals surface area contributed by atoms with Crippen molar-refractivity contribution in [1.82, 2.24) is 19.9 Å². The number of carboxylic acids is 1. The van der Waals surface area contributed by atoms with Crippen molar-refractivity contribution in [1.29, 1.82) is 0 Å². The number of carbonyl (C=O) groups is 2. The molecule has 1 aromatic carbocycles. The van der Waals surface area contributed by atoms with Gasteiger partial charge in [-0.25, -0.2) is 23.7 Å². The average molecular weight is 587 g/mol. The number of ether oxygens (including phenoxy) is 1. The minimum atomic E-state index is -0.792. The number of carboxylic acid groups (broad SMARTS) is 1. The number of alkyl halides is 2. The fraction of sp³-hybridized carbons (Fsp3) is 0.464. The molecule has 0 radical (unpaired) electrons. The maximum Gasteiger partial charge on any atom is 0.306 e. The Morgan fingerprint density at radius 2 is 1.88 bits per heavy atom. The summed E-state index contributed by atoms with van der Waals surface area (Å²) in [6.07, 6.45) is 4.11. The number of piperidine rings is 2. The van der Waals surface area contributed by atoms with Gasteiger partial charge in [0.1, 0.15) is 30.1 Å².